The first-order chi connectivity index (χ1) is 15.2. The molecular weight excluding hydrogens is 394 g/mol. The lowest BCUT2D eigenvalue weighted by molar-refractivity contribution is 0.0513. The van der Waals surface area contributed by atoms with Crippen LogP contribution in [-0.4, -0.2) is 46.2 Å². The number of aliphatic imine (C=N–C) groups is 1. The fourth-order valence-electron chi connectivity index (χ4n) is 4.08. The molecule has 0 bridgehead atoms. The Balaban J connectivity index is 1.47. The number of nitrogens with one attached hydrogen (secondary N) is 2. The highest BCUT2D eigenvalue weighted by Gasteiger charge is 2.34. The Hall–Kier alpha value is -2.93. The van der Waals surface area contributed by atoms with Crippen molar-refractivity contribution in [1.82, 2.24) is 10.6 Å². The second-order valence-corrected chi connectivity index (χ2v) is 7.86. The molecule has 1 fully saturated rings. The second-order valence-electron chi connectivity index (χ2n) is 7.86. The molecule has 0 aromatic heterocycles. The van der Waals surface area contributed by atoms with Crippen molar-refractivity contribution < 1.29 is 18.9 Å². The summed E-state index contributed by atoms with van der Waals surface area (Å²) < 4.78 is 21.9. The molecule has 2 aromatic rings. The maximum atomic E-state index is 5.67. The zero-order valence-corrected chi connectivity index (χ0v) is 18.3. The molecule has 0 spiro atoms. The number of guanidine groups is 1. The molecular formula is C24H31N3O4. The van der Waals surface area contributed by atoms with Crippen LogP contribution in [0.4, 0.5) is 0 Å². The molecule has 0 amide bonds. The largest absolute Gasteiger partial charge is 0.497 e. The monoisotopic (exact) mass is 425 g/mol. The third-order valence-electron chi connectivity index (χ3n) is 5.95. The van der Waals surface area contributed by atoms with Crippen LogP contribution in [-0.2, 0) is 16.7 Å². The Kier molecular flexibility index (Phi) is 6.82. The Bertz CT molecular complexity index is 892. The summed E-state index contributed by atoms with van der Waals surface area (Å²) in [6, 6.07) is 14.4. The van der Waals surface area contributed by atoms with E-state index in [1.165, 1.54) is 5.56 Å². The van der Waals surface area contributed by atoms with E-state index in [2.05, 4.69) is 29.7 Å². The summed E-state index contributed by atoms with van der Waals surface area (Å²) in [5.74, 6) is 3.25. The van der Waals surface area contributed by atoms with E-state index < -0.39 is 0 Å². The van der Waals surface area contributed by atoms with Gasteiger partial charge in [0.05, 0.1) is 13.7 Å². The van der Waals surface area contributed by atoms with E-state index in [-0.39, 0.29) is 12.2 Å². The predicted octanol–water partition coefficient (Wildman–Crippen LogP) is 3.23. The van der Waals surface area contributed by atoms with E-state index in [1.54, 1.807) is 7.11 Å². The Labute approximate surface area is 183 Å². The first-order valence-corrected chi connectivity index (χ1v) is 10.9. The van der Waals surface area contributed by atoms with E-state index in [0.717, 1.165) is 67.9 Å². The molecule has 1 saturated heterocycles. The molecule has 2 aromatic carbocycles. The fraction of sp³-hybridized carbons (Fsp3) is 0.458. The standard InChI is InChI=1S/C24H31N3O4/c1-3-25-23(26-15-18-4-9-21-22(14-18)31-17-30-21)27-16-24(10-12-29-13-11-24)19-5-7-20(28-2)8-6-19/h4-9,14H,3,10-13,15-17H2,1-2H3,(H2,25,26,27). The maximum absolute atomic E-state index is 5.67. The van der Waals surface area contributed by atoms with Crippen molar-refractivity contribution in [3.63, 3.8) is 0 Å². The van der Waals surface area contributed by atoms with E-state index >= 15 is 0 Å². The van der Waals surface area contributed by atoms with E-state index in [1.807, 2.05) is 30.3 Å². The lowest BCUT2D eigenvalue weighted by Gasteiger charge is -2.38. The van der Waals surface area contributed by atoms with Crippen LogP contribution >= 0.6 is 0 Å². The average Bonchev–Trinajstić information content (AvgIpc) is 3.29. The van der Waals surface area contributed by atoms with Gasteiger partial charge in [0.1, 0.15) is 5.75 Å². The number of hydrogen-bond donors (Lipinski definition) is 2. The van der Waals surface area contributed by atoms with Gasteiger partial charge in [-0.05, 0) is 55.2 Å². The first kappa shape index (κ1) is 21.3. The van der Waals surface area contributed by atoms with Crippen LogP contribution < -0.4 is 24.8 Å². The Morgan fingerprint density at radius 2 is 1.81 bits per heavy atom. The van der Waals surface area contributed by atoms with Crippen LogP contribution in [0, 0.1) is 0 Å². The number of methoxy groups -OCH3 is 1. The minimum atomic E-state index is -0.000534. The summed E-state index contributed by atoms with van der Waals surface area (Å²) in [5.41, 5.74) is 2.38. The zero-order valence-electron chi connectivity index (χ0n) is 18.3. The van der Waals surface area contributed by atoms with Gasteiger partial charge in [0.2, 0.25) is 6.79 Å². The van der Waals surface area contributed by atoms with Gasteiger partial charge in [0.15, 0.2) is 17.5 Å². The fourth-order valence-corrected chi connectivity index (χ4v) is 4.08. The topological polar surface area (TPSA) is 73.3 Å². The van der Waals surface area contributed by atoms with E-state index in [4.69, 9.17) is 23.9 Å². The summed E-state index contributed by atoms with van der Waals surface area (Å²) in [5, 5.41) is 6.94. The smallest absolute Gasteiger partial charge is 0.231 e. The van der Waals surface area contributed by atoms with Crippen molar-refractivity contribution in [2.24, 2.45) is 4.99 Å². The molecule has 7 heteroatoms. The lowest BCUT2D eigenvalue weighted by Crippen LogP contribution is -2.48. The zero-order chi connectivity index (χ0) is 21.5. The van der Waals surface area contributed by atoms with Gasteiger partial charge in [-0.25, -0.2) is 4.99 Å². The second kappa shape index (κ2) is 9.92. The molecule has 0 aliphatic carbocycles. The van der Waals surface area contributed by atoms with Gasteiger partial charge in [-0.3, -0.25) is 0 Å². The third kappa shape index (κ3) is 5.05. The molecule has 0 unspecified atom stereocenters. The highest BCUT2D eigenvalue weighted by atomic mass is 16.7. The van der Waals surface area contributed by atoms with Crippen LogP contribution in [0.25, 0.3) is 0 Å². The van der Waals surface area contributed by atoms with Crippen LogP contribution in [0.5, 0.6) is 17.2 Å². The molecule has 4 rings (SSSR count). The molecule has 7 nitrogen and oxygen atoms in total. The van der Waals surface area contributed by atoms with Crippen molar-refractivity contribution in [1.29, 1.82) is 0 Å². The quantitative estimate of drug-likeness (QED) is 0.524. The molecule has 166 valence electrons. The molecule has 2 aliphatic rings. The number of ether oxygens (including phenoxy) is 4. The van der Waals surface area contributed by atoms with Crippen molar-refractivity contribution >= 4 is 5.96 Å². The number of rotatable bonds is 7. The number of nitrogens with zero attached hydrogens (tertiary/aromatic N) is 1. The van der Waals surface area contributed by atoms with Crippen molar-refractivity contribution in [2.75, 3.05) is 40.2 Å². The molecule has 0 atom stereocenters. The number of benzene rings is 2. The molecule has 2 N–H and O–H groups in total. The van der Waals surface area contributed by atoms with Gasteiger partial charge in [0, 0.05) is 31.7 Å². The summed E-state index contributed by atoms with van der Waals surface area (Å²) in [6.45, 7) is 6.03. The van der Waals surface area contributed by atoms with E-state index in [0.29, 0.717) is 6.54 Å². The highest BCUT2D eigenvalue weighted by Crippen LogP contribution is 2.35. The van der Waals surface area contributed by atoms with Gasteiger partial charge in [-0.2, -0.15) is 0 Å². The van der Waals surface area contributed by atoms with Crippen LogP contribution in [0.1, 0.15) is 30.9 Å². The minimum absolute atomic E-state index is 0.000534. The summed E-state index contributed by atoms with van der Waals surface area (Å²) in [6.07, 6.45) is 1.93. The van der Waals surface area contributed by atoms with Crippen molar-refractivity contribution in [3.8, 4) is 17.2 Å². The molecule has 0 radical (unpaired) electrons. The minimum Gasteiger partial charge on any atom is -0.497 e. The number of hydrogen-bond acceptors (Lipinski definition) is 5. The Morgan fingerprint density at radius 1 is 1.03 bits per heavy atom. The summed E-state index contributed by atoms with van der Waals surface area (Å²) in [7, 11) is 1.69. The van der Waals surface area contributed by atoms with Crippen LogP contribution in [0.15, 0.2) is 47.5 Å². The molecule has 2 heterocycles. The van der Waals surface area contributed by atoms with E-state index in [9.17, 15) is 0 Å². The van der Waals surface area contributed by atoms with Gasteiger partial charge >= 0.3 is 0 Å². The van der Waals surface area contributed by atoms with Crippen LogP contribution in [0.3, 0.4) is 0 Å². The normalized spacial score (nSPS) is 17.3. The lowest BCUT2D eigenvalue weighted by atomic mass is 9.74. The third-order valence-corrected chi connectivity index (χ3v) is 5.95. The highest BCUT2D eigenvalue weighted by molar-refractivity contribution is 5.79. The SMILES string of the molecule is CCNC(=NCc1ccc2c(c1)OCO2)NCC1(c2ccc(OC)cc2)CCOCC1. The molecule has 31 heavy (non-hydrogen) atoms. The summed E-state index contributed by atoms with van der Waals surface area (Å²) >= 11 is 0. The Morgan fingerprint density at radius 3 is 2.55 bits per heavy atom. The molecule has 2 aliphatic heterocycles. The van der Waals surface area contributed by atoms with Gasteiger partial charge in [0.25, 0.3) is 0 Å². The van der Waals surface area contributed by atoms with Crippen molar-refractivity contribution in [2.45, 2.75) is 31.7 Å². The first-order valence-electron chi connectivity index (χ1n) is 10.9. The van der Waals surface area contributed by atoms with Crippen molar-refractivity contribution in [3.05, 3.63) is 53.6 Å². The maximum Gasteiger partial charge on any atom is 0.231 e. The predicted molar refractivity (Wildman–Crippen MR) is 120 cm³/mol. The van der Waals surface area contributed by atoms with Gasteiger partial charge in [-0.1, -0.05) is 18.2 Å². The molecule has 0 saturated carbocycles. The number of fused-ring (bicyclic) bond motifs is 1. The van der Waals surface area contributed by atoms with Gasteiger partial charge in [-0.15, -0.1) is 0 Å². The van der Waals surface area contributed by atoms with Crippen LogP contribution in [0.2, 0.25) is 0 Å². The average molecular weight is 426 g/mol. The van der Waals surface area contributed by atoms with Gasteiger partial charge < -0.3 is 29.6 Å². The summed E-state index contributed by atoms with van der Waals surface area (Å²) in [4.78, 5) is 4.79.